The predicted octanol–water partition coefficient (Wildman–Crippen LogP) is 3.29. The minimum absolute atomic E-state index is 0.0174. The molecule has 188 valence electrons. The molecule has 3 fully saturated rings. The van der Waals surface area contributed by atoms with Gasteiger partial charge in [0.1, 0.15) is 9.83 Å². The Bertz CT molecular complexity index is 1170. The number of hydrogen-bond donors (Lipinski definition) is 1. The number of carbonyl (C=O) groups excluding carboxylic acids is 3. The molecule has 0 saturated carbocycles. The summed E-state index contributed by atoms with van der Waals surface area (Å²) in [5.41, 5.74) is 7.17. The van der Waals surface area contributed by atoms with Crippen LogP contribution >= 0.6 is 11.3 Å². The van der Waals surface area contributed by atoms with Crippen LogP contribution < -0.4 is 5.73 Å². The molecule has 0 aliphatic carbocycles. The molecule has 2 aromatic heterocycles. The summed E-state index contributed by atoms with van der Waals surface area (Å²) < 4.78 is 0. The number of anilines is 1. The van der Waals surface area contributed by atoms with E-state index in [-0.39, 0.29) is 23.6 Å². The normalized spacial score (nSPS) is 24.5. The van der Waals surface area contributed by atoms with Crippen molar-refractivity contribution in [1.29, 1.82) is 0 Å². The zero-order valence-electron chi connectivity index (χ0n) is 20.9. The summed E-state index contributed by atoms with van der Waals surface area (Å²) in [7, 11) is 0. The van der Waals surface area contributed by atoms with Crippen LogP contribution in [0.1, 0.15) is 62.0 Å². The largest absolute Gasteiger partial charge is 0.390 e. The summed E-state index contributed by atoms with van der Waals surface area (Å²) in [6.07, 6.45) is 3.78. The Morgan fingerprint density at radius 2 is 1.97 bits per heavy atom. The maximum atomic E-state index is 13.4. The topological polar surface area (TPSA) is 99.8 Å². The third-order valence-corrected chi connectivity index (χ3v) is 8.78. The number of hydrogen-bond acceptors (Lipinski definition) is 7. The fourth-order valence-corrected chi connectivity index (χ4v) is 7.09. The second-order valence-electron chi connectivity index (χ2n) is 10.9. The lowest BCUT2D eigenvalue weighted by Gasteiger charge is -2.45. The molecule has 5 rings (SSSR count). The van der Waals surface area contributed by atoms with E-state index in [9.17, 15) is 14.4 Å². The number of pyridine rings is 1. The lowest BCUT2D eigenvalue weighted by Crippen LogP contribution is -2.54. The van der Waals surface area contributed by atoms with Crippen LogP contribution in [0.25, 0.3) is 10.2 Å². The summed E-state index contributed by atoms with van der Waals surface area (Å²) in [5.74, 6) is 0.260. The predicted molar refractivity (Wildman–Crippen MR) is 137 cm³/mol. The number of aryl methyl sites for hydroxylation is 1. The van der Waals surface area contributed by atoms with Gasteiger partial charge in [0.05, 0.1) is 11.0 Å². The fourth-order valence-electron chi connectivity index (χ4n) is 6.11. The van der Waals surface area contributed by atoms with Gasteiger partial charge in [-0.05, 0) is 57.2 Å². The summed E-state index contributed by atoms with van der Waals surface area (Å²) in [4.78, 5) is 50.5. The van der Waals surface area contributed by atoms with Gasteiger partial charge in [-0.1, -0.05) is 25.2 Å². The van der Waals surface area contributed by atoms with Gasteiger partial charge in [0, 0.05) is 49.7 Å². The summed E-state index contributed by atoms with van der Waals surface area (Å²) in [5, 5.41) is 1.36. The number of amides is 3. The molecule has 0 radical (unpaired) electrons. The summed E-state index contributed by atoms with van der Waals surface area (Å²) in [6.45, 7) is 9.44. The van der Waals surface area contributed by atoms with Gasteiger partial charge >= 0.3 is 0 Å². The average molecular weight is 498 g/mol. The Morgan fingerprint density at radius 1 is 1.23 bits per heavy atom. The zero-order chi connectivity index (χ0) is 24.9. The Hall–Kier alpha value is -2.52. The van der Waals surface area contributed by atoms with Crippen molar-refractivity contribution in [3.63, 3.8) is 0 Å². The number of imide groups is 1. The van der Waals surface area contributed by atoms with Crippen molar-refractivity contribution in [2.45, 2.75) is 58.9 Å². The Balaban J connectivity index is 1.25. The van der Waals surface area contributed by atoms with Crippen molar-refractivity contribution in [3.05, 3.63) is 23.4 Å². The van der Waals surface area contributed by atoms with E-state index >= 15 is 0 Å². The van der Waals surface area contributed by atoms with Crippen molar-refractivity contribution < 1.29 is 14.4 Å². The van der Waals surface area contributed by atoms with E-state index in [0.29, 0.717) is 49.2 Å². The standard InChI is InChI=1S/C26H35N5O3S/c1-16(2)14-31-20(32)13-26(25(31)34)9-4-10-30(15-26)18-7-11-29(12-8-18)24(33)21-19-6-5-17(3)28-23(19)35-22(21)27/h5-6,16,18H,4,7-15,27H2,1-3H3. The lowest BCUT2D eigenvalue weighted by molar-refractivity contribution is -0.143. The van der Waals surface area contributed by atoms with Crippen LogP contribution in [0, 0.1) is 18.3 Å². The van der Waals surface area contributed by atoms with E-state index in [1.807, 2.05) is 37.8 Å². The quantitative estimate of drug-likeness (QED) is 0.651. The minimum Gasteiger partial charge on any atom is -0.390 e. The molecule has 0 aromatic carbocycles. The van der Waals surface area contributed by atoms with Crippen molar-refractivity contribution in [1.82, 2.24) is 19.7 Å². The van der Waals surface area contributed by atoms with Gasteiger partial charge in [-0.25, -0.2) is 4.98 Å². The van der Waals surface area contributed by atoms with Gasteiger partial charge in [0.2, 0.25) is 11.8 Å². The van der Waals surface area contributed by atoms with Gasteiger partial charge in [-0.15, -0.1) is 0 Å². The minimum atomic E-state index is -0.563. The Labute approximate surface area is 210 Å². The number of fused-ring (bicyclic) bond motifs is 1. The number of nitrogens with zero attached hydrogens (tertiary/aromatic N) is 4. The summed E-state index contributed by atoms with van der Waals surface area (Å²) >= 11 is 1.37. The average Bonchev–Trinajstić information content (AvgIpc) is 3.26. The number of nitrogens with two attached hydrogens (primary N) is 1. The van der Waals surface area contributed by atoms with Gasteiger partial charge in [0.25, 0.3) is 5.91 Å². The van der Waals surface area contributed by atoms with E-state index in [1.165, 1.54) is 16.2 Å². The summed E-state index contributed by atoms with van der Waals surface area (Å²) in [6, 6.07) is 4.18. The molecule has 0 bridgehead atoms. The second kappa shape index (κ2) is 9.17. The molecule has 5 heterocycles. The molecule has 3 saturated heterocycles. The zero-order valence-corrected chi connectivity index (χ0v) is 21.7. The maximum Gasteiger partial charge on any atom is 0.257 e. The molecule has 1 spiro atoms. The fraction of sp³-hybridized carbons (Fsp3) is 0.615. The van der Waals surface area contributed by atoms with Gasteiger partial charge < -0.3 is 10.6 Å². The molecule has 35 heavy (non-hydrogen) atoms. The van der Waals surface area contributed by atoms with Gasteiger partial charge in [0.15, 0.2) is 0 Å². The molecule has 2 N–H and O–H groups in total. The molecular formula is C26H35N5O3S. The van der Waals surface area contributed by atoms with Crippen LogP contribution in [-0.2, 0) is 9.59 Å². The van der Waals surface area contributed by atoms with E-state index < -0.39 is 5.41 Å². The first kappa shape index (κ1) is 24.2. The first-order chi connectivity index (χ1) is 16.7. The van der Waals surface area contributed by atoms with Crippen LogP contribution in [0.15, 0.2) is 12.1 Å². The van der Waals surface area contributed by atoms with Crippen molar-refractivity contribution in [2.24, 2.45) is 11.3 Å². The molecule has 3 aliphatic heterocycles. The molecule has 1 unspecified atom stereocenters. The van der Waals surface area contributed by atoms with E-state index in [2.05, 4.69) is 9.88 Å². The highest BCUT2D eigenvalue weighted by Crippen LogP contribution is 2.42. The molecule has 9 heteroatoms. The molecule has 3 amide bonds. The van der Waals surface area contributed by atoms with Gasteiger partial charge in [-0.2, -0.15) is 0 Å². The number of thiophene rings is 1. The molecular weight excluding hydrogens is 462 g/mol. The smallest absolute Gasteiger partial charge is 0.257 e. The first-order valence-electron chi connectivity index (χ1n) is 12.7. The second-order valence-corrected chi connectivity index (χ2v) is 11.9. The number of likely N-dealkylation sites (tertiary alicyclic amines) is 3. The Kier molecular flexibility index (Phi) is 6.34. The molecule has 2 aromatic rings. The highest BCUT2D eigenvalue weighted by molar-refractivity contribution is 7.22. The molecule has 8 nitrogen and oxygen atoms in total. The molecule has 3 aliphatic rings. The lowest BCUT2D eigenvalue weighted by atomic mass is 9.77. The Morgan fingerprint density at radius 3 is 2.69 bits per heavy atom. The van der Waals surface area contributed by atoms with E-state index in [4.69, 9.17) is 5.73 Å². The third kappa shape index (κ3) is 4.33. The third-order valence-electron chi connectivity index (χ3n) is 7.85. The van der Waals surface area contributed by atoms with Crippen LogP contribution in [0.5, 0.6) is 0 Å². The number of rotatable bonds is 4. The number of carbonyl (C=O) groups is 3. The monoisotopic (exact) mass is 497 g/mol. The number of piperidine rings is 2. The van der Waals surface area contributed by atoms with Crippen molar-refractivity contribution >= 4 is 44.3 Å². The highest BCUT2D eigenvalue weighted by Gasteiger charge is 2.53. The number of nitrogen functional groups attached to an aromatic ring is 1. The van der Waals surface area contributed by atoms with E-state index in [0.717, 1.165) is 48.1 Å². The van der Waals surface area contributed by atoms with Crippen LogP contribution in [0.4, 0.5) is 5.00 Å². The van der Waals surface area contributed by atoms with Crippen LogP contribution in [-0.4, -0.2) is 76.2 Å². The van der Waals surface area contributed by atoms with E-state index in [1.54, 1.807) is 0 Å². The van der Waals surface area contributed by atoms with Crippen LogP contribution in [0.2, 0.25) is 0 Å². The molecule has 1 atom stereocenters. The maximum absolute atomic E-state index is 13.4. The SMILES string of the molecule is Cc1ccc2c(C(=O)N3CCC(N4CCCC5(CC(=O)N(CC(C)C)C5=O)C4)CC3)c(N)sc2n1. The van der Waals surface area contributed by atoms with Crippen LogP contribution in [0.3, 0.4) is 0 Å². The first-order valence-corrected chi connectivity index (χ1v) is 13.5. The van der Waals surface area contributed by atoms with Crippen molar-refractivity contribution in [3.8, 4) is 0 Å². The highest BCUT2D eigenvalue weighted by atomic mass is 32.1. The van der Waals surface area contributed by atoms with Crippen molar-refractivity contribution in [2.75, 3.05) is 38.5 Å². The number of aromatic nitrogens is 1. The van der Waals surface area contributed by atoms with Gasteiger partial charge in [-0.3, -0.25) is 24.2 Å².